The number of β-amino-alcohol motifs (C(OH)–C–C–N with tert-alkyl or cyclic N) is 2. The number of nitrogens with zero attached hydrogens (tertiary/aromatic N) is 2. The Bertz CT molecular complexity index is 149. The van der Waals surface area contributed by atoms with Gasteiger partial charge in [0, 0.05) is 39.3 Å². The number of hydrogen-bond acceptors (Lipinski definition) is 5. The van der Waals surface area contributed by atoms with Crippen LogP contribution in [0, 0.1) is 0 Å². The topological polar surface area (TPSA) is 67.2 Å². The van der Waals surface area contributed by atoms with Crippen molar-refractivity contribution < 1.29 is 15.3 Å². The lowest BCUT2D eigenvalue weighted by Crippen LogP contribution is -2.49. The molecule has 1 rings (SSSR count). The molecule has 0 amide bonds. The van der Waals surface area contributed by atoms with Crippen LogP contribution in [0.2, 0.25) is 0 Å². The van der Waals surface area contributed by atoms with Crippen molar-refractivity contribution >= 4 is 0 Å². The Kier molecular flexibility index (Phi) is 5.36. The molecule has 14 heavy (non-hydrogen) atoms. The van der Waals surface area contributed by atoms with Gasteiger partial charge in [-0.25, -0.2) is 0 Å². The summed E-state index contributed by atoms with van der Waals surface area (Å²) in [6.07, 6.45) is -0.626. The second kappa shape index (κ2) is 6.31. The average molecular weight is 204 g/mol. The van der Waals surface area contributed by atoms with Crippen LogP contribution in [-0.4, -0.2) is 83.7 Å². The second-order valence-electron chi connectivity index (χ2n) is 3.70. The Morgan fingerprint density at radius 1 is 1.00 bits per heavy atom. The van der Waals surface area contributed by atoms with Crippen LogP contribution in [0.3, 0.4) is 0 Å². The maximum Gasteiger partial charge on any atom is 0.0897 e. The molecule has 5 nitrogen and oxygen atoms in total. The fourth-order valence-corrected chi connectivity index (χ4v) is 1.69. The number of hydrogen-bond donors (Lipinski definition) is 3. The summed E-state index contributed by atoms with van der Waals surface area (Å²) < 4.78 is 0. The Labute approximate surface area is 84.6 Å². The van der Waals surface area contributed by atoms with Gasteiger partial charge < -0.3 is 15.3 Å². The van der Waals surface area contributed by atoms with E-state index in [1.165, 1.54) is 0 Å². The van der Waals surface area contributed by atoms with Crippen molar-refractivity contribution in [1.82, 2.24) is 9.80 Å². The predicted molar refractivity (Wildman–Crippen MR) is 53.1 cm³/mol. The maximum absolute atomic E-state index is 9.23. The lowest BCUT2D eigenvalue weighted by atomic mass is 10.2. The Morgan fingerprint density at radius 3 is 2.07 bits per heavy atom. The summed E-state index contributed by atoms with van der Waals surface area (Å²) in [5.74, 6) is 0. The molecule has 1 aliphatic rings. The predicted octanol–water partition coefficient (Wildman–Crippen LogP) is -2.05. The number of rotatable bonds is 5. The molecule has 0 aromatic heterocycles. The first-order valence-electron chi connectivity index (χ1n) is 5.10. The Morgan fingerprint density at radius 2 is 1.57 bits per heavy atom. The molecule has 0 aliphatic carbocycles. The minimum absolute atomic E-state index is 0.170. The number of aliphatic hydroxyl groups excluding tert-OH is 3. The van der Waals surface area contributed by atoms with E-state index in [1.807, 2.05) is 0 Å². The fourth-order valence-electron chi connectivity index (χ4n) is 1.69. The SMILES string of the molecule is OCCN1CCN(CC(O)CO)CC1. The molecular weight excluding hydrogens is 184 g/mol. The minimum atomic E-state index is -0.626. The van der Waals surface area contributed by atoms with Gasteiger partial charge in [0.2, 0.25) is 0 Å². The molecule has 0 radical (unpaired) electrons. The van der Waals surface area contributed by atoms with Gasteiger partial charge >= 0.3 is 0 Å². The molecule has 5 heteroatoms. The van der Waals surface area contributed by atoms with E-state index in [-0.39, 0.29) is 13.2 Å². The first kappa shape index (κ1) is 11.9. The van der Waals surface area contributed by atoms with Crippen LogP contribution in [0.1, 0.15) is 0 Å². The lowest BCUT2D eigenvalue weighted by molar-refractivity contribution is 0.0368. The summed E-state index contributed by atoms with van der Waals surface area (Å²) in [6.45, 7) is 4.97. The molecular formula is C9H20N2O3. The molecule has 0 spiro atoms. The van der Waals surface area contributed by atoms with Crippen molar-refractivity contribution in [2.24, 2.45) is 0 Å². The van der Waals surface area contributed by atoms with Crippen LogP contribution in [0.4, 0.5) is 0 Å². The molecule has 1 aliphatic heterocycles. The summed E-state index contributed by atoms with van der Waals surface area (Å²) in [6, 6.07) is 0. The van der Waals surface area contributed by atoms with Crippen LogP contribution in [0.5, 0.6) is 0 Å². The molecule has 3 N–H and O–H groups in total. The normalized spacial score (nSPS) is 22.5. The minimum Gasteiger partial charge on any atom is -0.395 e. The van der Waals surface area contributed by atoms with Gasteiger partial charge in [-0.3, -0.25) is 9.80 Å². The average Bonchev–Trinajstić information content (AvgIpc) is 2.21. The van der Waals surface area contributed by atoms with Gasteiger partial charge in [-0.1, -0.05) is 0 Å². The van der Waals surface area contributed by atoms with Crippen molar-refractivity contribution in [2.75, 3.05) is 52.5 Å². The highest BCUT2D eigenvalue weighted by molar-refractivity contribution is 4.73. The summed E-state index contributed by atoms with van der Waals surface area (Å²) >= 11 is 0. The molecule has 1 atom stereocenters. The molecule has 0 aromatic carbocycles. The highest BCUT2D eigenvalue weighted by Gasteiger charge is 2.17. The summed E-state index contributed by atoms with van der Waals surface area (Å²) in [5, 5.41) is 26.7. The van der Waals surface area contributed by atoms with Crippen molar-refractivity contribution in [2.45, 2.75) is 6.10 Å². The summed E-state index contributed by atoms with van der Waals surface area (Å²) in [7, 11) is 0. The zero-order chi connectivity index (χ0) is 10.4. The van der Waals surface area contributed by atoms with Crippen molar-refractivity contribution in [3.8, 4) is 0 Å². The third-order valence-corrected chi connectivity index (χ3v) is 2.56. The van der Waals surface area contributed by atoms with Gasteiger partial charge in [0.05, 0.1) is 19.3 Å². The number of aliphatic hydroxyl groups is 3. The fraction of sp³-hybridized carbons (Fsp3) is 1.00. The molecule has 0 aromatic rings. The van der Waals surface area contributed by atoms with E-state index < -0.39 is 6.10 Å². The molecule has 84 valence electrons. The van der Waals surface area contributed by atoms with Crippen LogP contribution < -0.4 is 0 Å². The third kappa shape index (κ3) is 3.89. The molecule has 0 saturated carbocycles. The molecule has 0 bridgehead atoms. The van der Waals surface area contributed by atoms with Gasteiger partial charge in [-0.05, 0) is 0 Å². The zero-order valence-electron chi connectivity index (χ0n) is 8.47. The molecule has 1 unspecified atom stereocenters. The second-order valence-corrected chi connectivity index (χ2v) is 3.70. The summed E-state index contributed by atoms with van der Waals surface area (Å²) in [4.78, 5) is 4.33. The van der Waals surface area contributed by atoms with Gasteiger partial charge in [0.25, 0.3) is 0 Å². The smallest absolute Gasteiger partial charge is 0.0897 e. The standard InChI is InChI=1S/C9H20N2O3/c12-6-5-10-1-3-11(4-2-10)7-9(14)8-13/h9,12-14H,1-8H2. The van der Waals surface area contributed by atoms with Crippen LogP contribution in [0.15, 0.2) is 0 Å². The highest BCUT2D eigenvalue weighted by Crippen LogP contribution is 2.01. The van der Waals surface area contributed by atoms with E-state index >= 15 is 0 Å². The Balaban J connectivity index is 2.15. The van der Waals surface area contributed by atoms with Crippen LogP contribution >= 0.6 is 0 Å². The molecule has 1 heterocycles. The van der Waals surface area contributed by atoms with E-state index in [1.54, 1.807) is 0 Å². The largest absolute Gasteiger partial charge is 0.395 e. The quantitative estimate of drug-likeness (QED) is 0.481. The van der Waals surface area contributed by atoms with Crippen LogP contribution in [0.25, 0.3) is 0 Å². The van der Waals surface area contributed by atoms with Gasteiger partial charge in [0.15, 0.2) is 0 Å². The van der Waals surface area contributed by atoms with Gasteiger partial charge in [-0.2, -0.15) is 0 Å². The molecule has 1 fully saturated rings. The van der Waals surface area contributed by atoms with E-state index in [0.717, 1.165) is 32.7 Å². The van der Waals surface area contributed by atoms with E-state index in [2.05, 4.69) is 9.80 Å². The summed E-state index contributed by atoms with van der Waals surface area (Å²) in [5.41, 5.74) is 0. The van der Waals surface area contributed by atoms with Crippen molar-refractivity contribution in [1.29, 1.82) is 0 Å². The maximum atomic E-state index is 9.23. The number of piperazine rings is 1. The highest BCUT2D eigenvalue weighted by atomic mass is 16.3. The van der Waals surface area contributed by atoms with Gasteiger partial charge in [-0.15, -0.1) is 0 Å². The van der Waals surface area contributed by atoms with Crippen molar-refractivity contribution in [3.05, 3.63) is 0 Å². The first-order chi connectivity index (χ1) is 6.76. The van der Waals surface area contributed by atoms with Gasteiger partial charge in [0.1, 0.15) is 0 Å². The monoisotopic (exact) mass is 204 g/mol. The first-order valence-corrected chi connectivity index (χ1v) is 5.10. The van der Waals surface area contributed by atoms with E-state index in [9.17, 15) is 5.11 Å². The zero-order valence-corrected chi connectivity index (χ0v) is 8.47. The van der Waals surface area contributed by atoms with Crippen molar-refractivity contribution in [3.63, 3.8) is 0 Å². The lowest BCUT2D eigenvalue weighted by Gasteiger charge is -2.34. The molecule has 1 saturated heterocycles. The Hall–Kier alpha value is -0.200. The third-order valence-electron chi connectivity index (χ3n) is 2.56. The van der Waals surface area contributed by atoms with E-state index in [4.69, 9.17) is 10.2 Å². The van der Waals surface area contributed by atoms with E-state index in [0.29, 0.717) is 6.54 Å². The van der Waals surface area contributed by atoms with Crippen LogP contribution in [-0.2, 0) is 0 Å².